The maximum Gasteiger partial charge on any atom is 0.335 e. The molecule has 34 heavy (non-hydrogen) atoms. The van der Waals surface area contributed by atoms with Crippen molar-refractivity contribution in [1.29, 1.82) is 0 Å². The number of furan rings is 1. The average molecular weight is 534 g/mol. The Labute approximate surface area is 210 Å². The van der Waals surface area contributed by atoms with Crippen LogP contribution in [0.1, 0.15) is 39.5 Å². The molecule has 1 fully saturated rings. The predicted molar refractivity (Wildman–Crippen MR) is 138 cm³/mol. The van der Waals surface area contributed by atoms with Gasteiger partial charge in [-0.2, -0.15) is 0 Å². The highest BCUT2D eigenvalue weighted by atomic mass is 79.9. The van der Waals surface area contributed by atoms with Crippen LogP contribution in [-0.2, 0) is 0 Å². The maximum absolute atomic E-state index is 11.2. The number of hydrogen-bond acceptors (Lipinski definition) is 4. The number of halogens is 1. The van der Waals surface area contributed by atoms with E-state index in [-0.39, 0.29) is 17.6 Å². The first kappa shape index (κ1) is 22.3. The van der Waals surface area contributed by atoms with Crippen molar-refractivity contribution in [2.75, 3.05) is 4.90 Å². The summed E-state index contributed by atoms with van der Waals surface area (Å²) in [5.74, 6) is 0.410. The number of thiocarbonyl (C=S) groups is 1. The van der Waals surface area contributed by atoms with Gasteiger partial charge in [0.2, 0.25) is 0 Å². The summed E-state index contributed by atoms with van der Waals surface area (Å²) in [4.78, 5) is 17.8. The number of aryl methyl sites for hydroxylation is 1. The molecule has 0 radical (unpaired) electrons. The highest BCUT2D eigenvalue weighted by Gasteiger charge is 2.42. The molecular formula is C26H20BrN3O3S. The average Bonchev–Trinajstić information content (AvgIpc) is 3.46. The normalized spacial score (nSPS) is 17.6. The third-order valence-electron chi connectivity index (χ3n) is 5.85. The molecule has 1 aliphatic heterocycles. The molecule has 6 nitrogen and oxygen atoms in total. The van der Waals surface area contributed by atoms with Crippen LogP contribution in [0.4, 0.5) is 5.69 Å². The Morgan fingerprint density at radius 1 is 1.12 bits per heavy atom. The van der Waals surface area contributed by atoms with Gasteiger partial charge in [0.1, 0.15) is 17.6 Å². The second kappa shape index (κ2) is 9.04. The molecule has 2 aromatic carbocycles. The minimum atomic E-state index is -0.962. The van der Waals surface area contributed by atoms with E-state index < -0.39 is 5.97 Å². The summed E-state index contributed by atoms with van der Waals surface area (Å²) >= 11 is 9.34. The van der Waals surface area contributed by atoms with Crippen LogP contribution in [0.5, 0.6) is 0 Å². The monoisotopic (exact) mass is 533 g/mol. The number of hydrogen-bond donors (Lipinski definition) is 2. The van der Waals surface area contributed by atoms with Crippen LogP contribution < -0.4 is 10.2 Å². The van der Waals surface area contributed by atoms with Crippen molar-refractivity contribution in [2.45, 2.75) is 19.0 Å². The fourth-order valence-corrected chi connectivity index (χ4v) is 4.74. The fourth-order valence-electron chi connectivity index (χ4n) is 4.14. The third-order valence-corrected chi connectivity index (χ3v) is 7.06. The number of rotatable bonds is 5. The van der Waals surface area contributed by atoms with Gasteiger partial charge in [-0.05, 0) is 79.3 Å². The van der Waals surface area contributed by atoms with E-state index in [2.05, 4.69) is 37.2 Å². The number of benzene rings is 2. The highest BCUT2D eigenvalue weighted by Crippen LogP contribution is 2.43. The lowest BCUT2D eigenvalue weighted by Crippen LogP contribution is -2.29. The van der Waals surface area contributed by atoms with E-state index in [1.54, 1.807) is 30.5 Å². The van der Waals surface area contributed by atoms with Gasteiger partial charge in [-0.15, -0.1) is 0 Å². The summed E-state index contributed by atoms with van der Waals surface area (Å²) in [5.41, 5.74) is 3.93. The number of carboxylic acids is 1. The number of carboxylic acid groups (broad SMARTS) is 1. The van der Waals surface area contributed by atoms with Gasteiger partial charge in [-0.3, -0.25) is 4.98 Å². The summed E-state index contributed by atoms with van der Waals surface area (Å²) in [7, 11) is 0. The molecule has 0 aliphatic carbocycles. The first-order valence-corrected chi connectivity index (χ1v) is 11.8. The molecule has 1 saturated heterocycles. The summed E-state index contributed by atoms with van der Waals surface area (Å²) < 4.78 is 7.36. The van der Waals surface area contributed by atoms with Crippen LogP contribution in [0.15, 0.2) is 87.9 Å². The first-order chi connectivity index (χ1) is 16.4. The molecule has 4 aromatic rings. The molecule has 1 aliphatic rings. The van der Waals surface area contributed by atoms with Crippen LogP contribution in [0.25, 0.3) is 11.3 Å². The Balaban J connectivity index is 1.57. The van der Waals surface area contributed by atoms with Gasteiger partial charge >= 0.3 is 5.97 Å². The zero-order chi connectivity index (χ0) is 23.8. The van der Waals surface area contributed by atoms with Crippen LogP contribution in [0.3, 0.4) is 0 Å². The second-order valence-corrected chi connectivity index (χ2v) is 9.26. The maximum atomic E-state index is 11.2. The number of anilines is 1. The third kappa shape index (κ3) is 4.10. The largest absolute Gasteiger partial charge is 0.478 e. The standard InChI is InChI=1S/C26H20BrN3O3S/c1-15-14-18(9-10-19(15)27)30-24(23(29-26(30)34)20-4-2-3-13-28-20)22-12-11-21(33-22)16-5-7-17(8-6-16)25(31)32/h2-14,23-24H,1H3,(H,29,34)(H,31,32)/t23-,24+/m0/s1. The number of pyridine rings is 1. The minimum absolute atomic E-state index is 0.217. The van der Waals surface area contributed by atoms with Crippen molar-refractivity contribution in [1.82, 2.24) is 10.3 Å². The Morgan fingerprint density at radius 2 is 1.91 bits per heavy atom. The minimum Gasteiger partial charge on any atom is -0.478 e. The fraction of sp³-hybridized carbons (Fsp3) is 0.115. The summed E-state index contributed by atoms with van der Waals surface area (Å²) in [6.07, 6.45) is 1.77. The van der Waals surface area contributed by atoms with Gasteiger partial charge < -0.3 is 19.7 Å². The number of aromatic carboxylic acids is 1. The topological polar surface area (TPSA) is 78.6 Å². The van der Waals surface area contributed by atoms with E-state index in [0.29, 0.717) is 10.9 Å². The molecule has 0 unspecified atom stereocenters. The van der Waals surface area contributed by atoms with Crippen LogP contribution in [0.2, 0.25) is 0 Å². The lowest BCUT2D eigenvalue weighted by molar-refractivity contribution is 0.0697. The molecule has 0 bridgehead atoms. The second-order valence-electron chi connectivity index (χ2n) is 8.01. The number of carbonyl (C=O) groups is 1. The molecular weight excluding hydrogens is 514 g/mol. The van der Waals surface area contributed by atoms with Gasteiger partial charge in [0.25, 0.3) is 0 Å². The van der Waals surface area contributed by atoms with E-state index in [4.69, 9.17) is 16.6 Å². The zero-order valence-corrected chi connectivity index (χ0v) is 20.5. The Kier molecular flexibility index (Phi) is 5.93. The molecule has 0 spiro atoms. The molecule has 5 rings (SSSR count). The Bertz CT molecular complexity index is 1370. The van der Waals surface area contributed by atoms with E-state index in [1.807, 2.05) is 49.4 Å². The van der Waals surface area contributed by atoms with Crippen LogP contribution >= 0.6 is 28.1 Å². The molecule has 2 aromatic heterocycles. The summed E-state index contributed by atoms with van der Waals surface area (Å²) in [6, 6.07) is 21.9. The molecule has 0 saturated carbocycles. The Hall–Kier alpha value is -3.49. The van der Waals surface area contributed by atoms with Gasteiger partial charge in [-0.25, -0.2) is 4.79 Å². The van der Waals surface area contributed by atoms with E-state index in [1.165, 1.54) is 0 Å². The van der Waals surface area contributed by atoms with Gasteiger partial charge in [0.05, 0.1) is 17.3 Å². The van der Waals surface area contributed by atoms with E-state index in [9.17, 15) is 9.90 Å². The van der Waals surface area contributed by atoms with Crippen molar-refractivity contribution < 1.29 is 14.3 Å². The zero-order valence-electron chi connectivity index (χ0n) is 18.1. The molecule has 8 heteroatoms. The smallest absolute Gasteiger partial charge is 0.335 e. The predicted octanol–water partition coefficient (Wildman–Crippen LogP) is 6.29. The van der Waals surface area contributed by atoms with Crippen LogP contribution in [-0.4, -0.2) is 21.2 Å². The van der Waals surface area contributed by atoms with Crippen molar-refractivity contribution in [2.24, 2.45) is 0 Å². The van der Waals surface area contributed by atoms with Crippen LogP contribution in [0, 0.1) is 6.92 Å². The SMILES string of the molecule is Cc1cc(N2C(=S)N[C@@H](c3ccccn3)[C@H]2c2ccc(-c3ccc(C(=O)O)cc3)o2)ccc1Br. The van der Waals surface area contributed by atoms with Crippen molar-refractivity contribution in [3.63, 3.8) is 0 Å². The van der Waals surface area contributed by atoms with Gasteiger partial charge in [0, 0.05) is 21.9 Å². The van der Waals surface area contributed by atoms with Crippen molar-refractivity contribution in [3.8, 4) is 11.3 Å². The van der Waals surface area contributed by atoms with Gasteiger partial charge in [0.15, 0.2) is 5.11 Å². The van der Waals surface area contributed by atoms with E-state index in [0.717, 1.165) is 32.7 Å². The van der Waals surface area contributed by atoms with E-state index >= 15 is 0 Å². The summed E-state index contributed by atoms with van der Waals surface area (Å²) in [5, 5.41) is 13.2. The molecule has 0 amide bonds. The van der Waals surface area contributed by atoms with Gasteiger partial charge in [-0.1, -0.05) is 34.1 Å². The lowest BCUT2D eigenvalue weighted by atomic mass is 10.0. The molecule has 3 heterocycles. The highest BCUT2D eigenvalue weighted by molar-refractivity contribution is 9.10. The summed E-state index contributed by atoms with van der Waals surface area (Å²) in [6.45, 7) is 2.04. The number of aromatic nitrogens is 1. The number of nitrogens with zero attached hydrogens (tertiary/aromatic N) is 2. The van der Waals surface area contributed by atoms with Crippen molar-refractivity contribution in [3.05, 3.63) is 106 Å². The quantitative estimate of drug-likeness (QED) is 0.292. The molecule has 2 N–H and O–H groups in total. The van der Waals surface area contributed by atoms with Crippen molar-refractivity contribution >= 4 is 44.9 Å². The lowest BCUT2D eigenvalue weighted by Gasteiger charge is -2.26. The number of nitrogens with one attached hydrogen (secondary N) is 1. The molecule has 170 valence electrons. The Morgan fingerprint density at radius 3 is 2.59 bits per heavy atom. The molecule has 2 atom stereocenters. The first-order valence-electron chi connectivity index (χ1n) is 10.6.